The summed E-state index contributed by atoms with van der Waals surface area (Å²) < 4.78 is 0. The maximum Gasteiger partial charge on any atom is 0.135 e. The van der Waals surface area contributed by atoms with Gasteiger partial charge < -0.3 is 4.90 Å². The lowest BCUT2D eigenvalue weighted by Crippen LogP contribution is -2.49. The molecule has 0 amide bonds. The molecule has 1 heterocycles. The summed E-state index contributed by atoms with van der Waals surface area (Å²) >= 11 is 0. The molecule has 0 spiro atoms. The van der Waals surface area contributed by atoms with Crippen molar-refractivity contribution in [3.63, 3.8) is 0 Å². The molecule has 0 saturated carbocycles. The standard InChI is InChI=1S/C52H41NSi/c1-35-16-7-8-19-40(35)43-33-32-39(34-50(43)54-48-26-13-10-20-41(48)42-21-11-14-27-49(42)54)53(38-30-28-37(29-31-38)36-17-5-4-6-18-36)47-25-15-24-46-51(47)44-22-9-12-23-45(44)52(46,2)3/h4-34,54H,1-3H3. The number of hydrogen-bond donors (Lipinski definition) is 0. The van der Waals surface area contributed by atoms with Gasteiger partial charge in [-0.1, -0.05) is 172 Å². The van der Waals surface area contributed by atoms with Crippen LogP contribution >= 0.6 is 0 Å². The molecule has 8 aromatic carbocycles. The molecule has 54 heavy (non-hydrogen) atoms. The van der Waals surface area contributed by atoms with Gasteiger partial charge in [-0.2, -0.15) is 0 Å². The second-order valence-corrected chi connectivity index (χ2v) is 18.0. The molecule has 0 fully saturated rings. The van der Waals surface area contributed by atoms with Gasteiger partial charge in [0.2, 0.25) is 0 Å². The Bertz CT molecular complexity index is 2660. The molecular weight excluding hydrogens is 667 g/mol. The summed E-state index contributed by atoms with van der Waals surface area (Å²) in [6.07, 6.45) is 0. The first-order valence-corrected chi connectivity index (χ1v) is 20.8. The van der Waals surface area contributed by atoms with Gasteiger partial charge in [-0.3, -0.25) is 0 Å². The minimum Gasteiger partial charge on any atom is -0.310 e. The third kappa shape index (κ3) is 5.05. The van der Waals surface area contributed by atoms with Gasteiger partial charge >= 0.3 is 0 Å². The van der Waals surface area contributed by atoms with Crippen molar-refractivity contribution in [3.05, 3.63) is 205 Å². The van der Waals surface area contributed by atoms with Gasteiger partial charge in [-0.25, -0.2) is 0 Å². The van der Waals surface area contributed by atoms with Crippen LogP contribution < -0.4 is 20.5 Å². The summed E-state index contributed by atoms with van der Waals surface area (Å²) in [5, 5.41) is 4.46. The average Bonchev–Trinajstić information content (AvgIpc) is 3.68. The van der Waals surface area contributed by atoms with Crippen molar-refractivity contribution in [1.29, 1.82) is 0 Å². The highest BCUT2D eigenvalue weighted by Crippen LogP contribution is 2.54. The van der Waals surface area contributed by atoms with Crippen molar-refractivity contribution >= 4 is 41.4 Å². The molecule has 0 N–H and O–H groups in total. The fourth-order valence-electron chi connectivity index (χ4n) is 9.32. The highest BCUT2D eigenvalue weighted by molar-refractivity contribution is 6.99. The zero-order chi connectivity index (χ0) is 36.4. The van der Waals surface area contributed by atoms with Crippen molar-refractivity contribution in [2.45, 2.75) is 26.2 Å². The molecule has 0 bridgehead atoms. The van der Waals surface area contributed by atoms with Crippen LogP contribution in [-0.4, -0.2) is 8.80 Å². The van der Waals surface area contributed by atoms with Gasteiger partial charge in [0, 0.05) is 22.4 Å². The maximum atomic E-state index is 2.55. The van der Waals surface area contributed by atoms with Crippen LogP contribution in [0.2, 0.25) is 0 Å². The Hall–Kier alpha value is -6.22. The Balaban J connectivity index is 1.24. The van der Waals surface area contributed by atoms with E-state index in [1.165, 1.54) is 88.1 Å². The molecule has 10 rings (SSSR count). The van der Waals surface area contributed by atoms with Gasteiger partial charge in [0.05, 0.1) is 5.69 Å². The number of nitrogens with zero attached hydrogens (tertiary/aromatic N) is 1. The van der Waals surface area contributed by atoms with Crippen LogP contribution in [0.15, 0.2) is 188 Å². The third-order valence-electron chi connectivity index (χ3n) is 11.9. The Labute approximate surface area is 320 Å². The lowest BCUT2D eigenvalue weighted by molar-refractivity contribution is 0.660. The van der Waals surface area contributed by atoms with Gasteiger partial charge in [0.25, 0.3) is 0 Å². The molecule has 8 aromatic rings. The first-order chi connectivity index (χ1) is 26.5. The number of aryl methyl sites for hydroxylation is 1. The largest absolute Gasteiger partial charge is 0.310 e. The number of hydrogen-bond acceptors (Lipinski definition) is 1. The van der Waals surface area contributed by atoms with Crippen LogP contribution in [0.3, 0.4) is 0 Å². The lowest BCUT2D eigenvalue weighted by atomic mass is 9.82. The van der Waals surface area contributed by atoms with Crippen LogP contribution in [0.25, 0.3) is 44.5 Å². The summed E-state index contributed by atoms with van der Waals surface area (Å²) in [4.78, 5) is 2.53. The Kier molecular flexibility index (Phi) is 7.64. The van der Waals surface area contributed by atoms with Crippen LogP contribution in [0, 0.1) is 6.92 Å². The molecule has 0 saturated heterocycles. The van der Waals surface area contributed by atoms with Crippen molar-refractivity contribution < 1.29 is 0 Å². The molecule has 1 aliphatic heterocycles. The normalized spacial score (nSPS) is 13.5. The number of rotatable bonds is 6. The predicted molar refractivity (Wildman–Crippen MR) is 232 cm³/mol. The van der Waals surface area contributed by atoms with Crippen molar-refractivity contribution in [2.24, 2.45) is 0 Å². The first kappa shape index (κ1) is 32.4. The molecule has 0 atom stereocenters. The van der Waals surface area contributed by atoms with Gasteiger partial charge in [0.1, 0.15) is 8.80 Å². The maximum absolute atomic E-state index is 2.55. The Morgan fingerprint density at radius 1 is 0.407 bits per heavy atom. The Morgan fingerprint density at radius 3 is 1.65 bits per heavy atom. The van der Waals surface area contributed by atoms with Gasteiger partial charge in [-0.05, 0) is 108 Å². The van der Waals surface area contributed by atoms with Crippen molar-refractivity contribution in [2.75, 3.05) is 4.90 Å². The van der Waals surface area contributed by atoms with E-state index >= 15 is 0 Å². The van der Waals surface area contributed by atoms with E-state index in [9.17, 15) is 0 Å². The molecule has 2 aliphatic rings. The molecule has 0 radical (unpaired) electrons. The predicted octanol–water partition coefficient (Wildman–Crippen LogP) is 11.3. The number of fused-ring (bicyclic) bond motifs is 6. The van der Waals surface area contributed by atoms with Crippen molar-refractivity contribution in [3.8, 4) is 44.5 Å². The van der Waals surface area contributed by atoms with E-state index in [1.54, 1.807) is 0 Å². The number of benzene rings is 8. The quantitative estimate of drug-likeness (QED) is 0.156. The monoisotopic (exact) mass is 707 g/mol. The highest BCUT2D eigenvalue weighted by atomic mass is 28.3. The van der Waals surface area contributed by atoms with E-state index in [0.717, 1.165) is 5.69 Å². The van der Waals surface area contributed by atoms with Gasteiger partial charge in [-0.15, -0.1) is 0 Å². The van der Waals surface area contributed by atoms with E-state index < -0.39 is 8.80 Å². The summed E-state index contributed by atoms with van der Waals surface area (Å²) in [6, 6.07) is 70.3. The zero-order valence-electron chi connectivity index (χ0n) is 30.9. The van der Waals surface area contributed by atoms with E-state index in [-0.39, 0.29) is 5.41 Å². The Morgan fingerprint density at radius 2 is 0.944 bits per heavy atom. The molecule has 0 aromatic heterocycles. The fourth-order valence-corrected chi connectivity index (χ4v) is 13.0. The minimum atomic E-state index is -1.89. The zero-order valence-corrected chi connectivity index (χ0v) is 32.1. The van der Waals surface area contributed by atoms with E-state index in [0.29, 0.717) is 0 Å². The van der Waals surface area contributed by atoms with Gasteiger partial charge in [0.15, 0.2) is 0 Å². The molecule has 2 heteroatoms. The second kappa shape index (κ2) is 12.7. The highest BCUT2D eigenvalue weighted by Gasteiger charge is 2.38. The van der Waals surface area contributed by atoms with Crippen LogP contribution in [0.5, 0.6) is 0 Å². The molecule has 1 aliphatic carbocycles. The average molecular weight is 708 g/mol. The molecule has 258 valence electrons. The topological polar surface area (TPSA) is 3.24 Å². The van der Waals surface area contributed by atoms with E-state index in [4.69, 9.17) is 0 Å². The van der Waals surface area contributed by atoms with E-state index in [2.05, 4.69) is 214 Å². The summed E-state index contributed by atoms with van der Waals surface area (Å²) in [5.41, 5.74) is 18.0. The second-order valence-electron chi connectivity index (χ2n) is 15.3. The fraction of sp³-hybridized carbons (Fsp3) is 0.0769. The smallest absolute Gasteiger partial charge is 0.135 e. The summed E-state index contributed by atoms with van der Waals surface area (Å²) in [5.74, 6) is 0. The van der Waals surface area contributed by atoms with Crippen LogP contribution in [0.1, 0.15) is 30.5 Å². The lowest BCUT2D eigenvalue weighted by Gasteiger charge is -2.30. The summed E-state index contributed by atoms with van der Waals surface area (Å²) in [6.45, 7) is 6.99. The number of anilines is 3. The van der Waals surface area contributed by atoms with Crippen LogP contribution in [0.4, 0.5) is 17.1 Å². The minimum absolute atomic E-state index is 0.102. The third-order valence-corrected chi connectivity index (χ3v) is 15.3. The first-order valence-electron chi connectivity index (χ1n) is 19.1. The molecular formula is C52H41NSi. The van der Waals surface area contributed by atoms with Crippen LogP contribution in [-0.2, 0) is 5.41 Å². The SMILES string of the molecule is Cc1ccccc1-c1ccc(N(c2ccc(-c3ccccc3)cc2)c2cccc3c2-c2ccccc2C3(C)C)cc1[SiH]1c2ccccc2-c2ccccc21. The molecule has 0 unspecified atom stereocenters. The van der Waals surface area contributed by atoms with Crippen molar-refractivity contribution in [1.82, 2.24) is 0 Å². The van der Waals surface area contributed by atoms with E-state index in [1.807, 2.05) is 0 Å². The molecule has 1 nitrogen and oxygen atoms in total. The summed E-state index contributed by atoms with van der Waals surface area (Å²) in [7, 11) is -1.89.